The van der Waals surface area contributed by atoms with Crippen LogP contribution in [0, 0.1) is 0 Å². The van der Waals surface area contributed by atoms with Gasteiger partial charge in [-0.25, -0.2) is 4.98 Å². The topological polar surface area (TPSA) is 22.1 Å². The van der Waals surface area contributed by atoms with Crippen molar-refractivity contribution in [3.63, 3.8) is 0 Å². The van der Waals surface area contributed by atoms with Crippen molar-refractivity contribution in [3.8, 4) is 11.6 Å². The summed E-state index contributed by atoms with van der Waals surface area (Å²) in [4.78, 5) is 4.11. The first-order chi connectivity index (χ1) is 7.78. The summed E-state index contributed by atoms with van der Waals surface area (Å²) in [5.41, 5.74) is 1.02. The van der Waals surface area contributed by atoms with Crippen molar-refractivity contribution in [2.24, 2.45) is 0 Å². The number of aromatic nitrogens is 1. The summed E-state index contributed by atoms with van der Waals surface area (Å²) in [5, 5.41) is 0. The van der Waals surface area contributed by atoms with Crippen LogP contribution in [-0.2, 0) is 5.88 Å². The molecular formula is C12H9BrClNO. The van der Waals surface area contributed by atoms with Crippen molar-refractivity contribution < 1.29 is 4.74 Å². The summed E-state index contributed by atoms with van der Waals surface area (Å²) in [5.74, 6) is 1.77. The van der Waals surface area contributed by atoms with Crippen LogP contribution >= 0.6 is 27.5 Å². The lowest BCUT2D eigenvalue weighted by Gasteiger charge is -2.05. The highest BCUT2D eigenvalue weighted by atomic mass is 79.9. The highest BCUT2D eigenvalue weighted by molar-refractivity contribution is 9.10. The van der Waals surface area contributed by atoms with Crippen molar-refractivity contribution in [1.29, 1.82) is 0 Å². The van der Waals surface area contributed by atoms with Crippen LogP contribution < -0.4 is 4.74 Å². The molecule has 82 valence electrons. The molecule has 0 spiro atoms. The molecule has 0 fully saturated rings. The van der Waals surface area contributed by atoms with E-state index in [0.717, 1.165) is 15.8 Å². The van der Waals surface area contributed by atoms with Gasteiger partial charge in [-0.3, -0.25) is 0 Å². The molecule has 0 unspecified atom stereocenters. The van der Waals surface area contributed by atoms with E-state index in [1.807, 2.05) is 36.4 Å². The van der Waals surface area contributed by atoms with Gasteiger partial charge in [-0.2, -0.15) is 0 Å². The maximum absolute atomic E-state index is 5.75. The number of benzene rings is 1. The molecule has 1 aromatic carbocycles. The molecule has 16 heavy (non-hydrogen) atoms. The molecule has 1 aromatic heterocycles. The predicted molar refractivity (Wildman–Crippen MR) is 68.0 cm³/mol. The van der Waals surface area contributed by atoms with Crippen LogP contribution in [0.25, 0.3) is 0 Å². The fourth-order valence-electron chi connectivity index (χ4n) is 1.25. The molecule has 0 N–H and O–H groups in total. The zero-order chi connectivity index (χ0) is 11.4. The molecule has 0 aliphatic heterocycles. The quantitative estimate of drug-likeness (QED) is 0.785. The lowest BCUT2D eigenvalue weighted by atomic mass is 10.2. The Morgan fingerprint density at radius 3 is 2.88 bits per heavy atom. The van der Waals surface area contributed by atoms with Gasteiger partial charge in [0.05, 0.1) is 0 Å². The third-order valence-electron chi connectivity index (χ3n) is 1.97. The third kappa shape index (κ3) is 2.97. The summed E-state index contributed by atoms with van der Waals surface area (Å²) in [6.45, 7) is 0. The molecule has 1 heterocycles. The van der Waals surface area contributed by atoms with Gasteiger partial charge < -0.3 is 4.74 Å². The lowest BCUT2D eigenvalue weighted by molar-refractivity contribution is 0.462. The second kappa shape index (κ2) is 5.32. The Morgan fingerprint density at radius 1 is 1.25 bits per heavy atom. The molecule has 2 rings (SSSR count). The lowest BCUT2D eigenvalue weighted by Crippen LogP contribution is -1.88. The number of pyridine rings is 1. The maximum Gasteiger partial charge on any atom is 0.220 e. The van der Waals surface area contributed by atoms with E-state index in [9.17, 15) is 0 Å². The fraction of sp³-hybridized carbons (Fsp3) is 0.0833. The number of nitrogens with zero attached hydrogens (tertiary/aromatic N) is 1. The van der Waals surface area contributed by atoms with Crippen LogP contribution in [0.5, 0.6) is 11.6 Å². The number of hydrogen-bond donors (Lipinski definition) is 0. The zero-order valence-electron chi connectivity index (χ0n) is 8.36. The van der Waals surface area contributed by atoms with Gasteiger partial charge in [0, 0.05) is 22.6 Å². The van der Waals surface area contributed by atoms with Crippen LogP contribution in [0.1, 0.15) is 5.56 Å². The monoisotopic (exact) mass is 297 g/mol. The highest BCUT2D eigenvalue weighted by Crippen LogP contribution is 2.23. The standard InChI is InChI=1S/C12H9BrClNO/c13-10-4-5-15-12(7-10)16-11-3-1-2-9(6-11)8-14/h1-7H,8H2. The van der Waals surface area contributed by atoms with Gasteiger partial charge in [0.25, 0.3) is 0 Å². The van der Waals surface area contributed by atoms with Crippen LogP contribution in [0.15, 0.2) is 47.1 Å². The van der Waals surface area contributed by atoms with Crippen molar-refractivity contribution in [3.05, 3.63) is 52.6 Å². The summed E-state index contributed by atoms with van der Waals surface area (Å²) in [6.07, 6.45) is 1.69. The molecular weight excluding hydrogens is 289 g/mol. The van der Waals surface area contributed by atoms with Gasteiger partial charge in [0.2, 0.25) is 5.88 Å². The molecule has 0 saturated carbocycles. The molecule has 4 heteroatoms. The minimum Gasteiger partial charge on any atom is -0.439 e. The summed E-state index contributed by atoms with van der Waals surface area (Å²) < 4.78 is 6.54. The first kappa shape index (κ1) is 11.4. The molecule has 0 amide bonds. The molecule has 2 aromatic rings. The Hall–Kier alpha value is -1.06. The average molecular weight is 299 g/mol. The van der Waals surface area contributed by atoms with Gasteiger partial charge >= 0.3 is 0 Å². The van der Waals surface area contributed by atoms with Crippen molar-refractivity contribution in [1.82, 2.24) is 4.98 Å². The van der Waals surface area contributed by atoms with E-state index in [1.165, 1.54) is 0 Å². The van der Waals surface area contributed by atoms with E-state index in [2.05, 4.69) is 20.9 Å². The predicted octanol–water partition coefficient (Wildman–Crippen LogP) is 4.38. The second-order valence-corrected chi connectivity index (χ2v) is 4.38. The largest absolute Gasteiger partial charge is 0.439 e. The SMILES string of the molecule is ClCc1cccc(Oc2cc(Br)ccn2)c1. The first-order valence-electron chi connectivity index (χ1n) is 4.72. The summed E-state index contributed by atoms with van der Waals surface area (Å²) in [7, 11) is 0. The Bertz CT molecular complexity index is 490. The van der Waals surface area contributed by atoms with Crippen molar-refractivity contribution in [2.75, 3.05) is 0 Å². The van der Waals surface area contributed by atoms with E-state index < -0.39 is 0 Å². The Kier molecular flexibility index (Phi) is 3.80. The van der Waals surface area contributed by atoms with E-state index in [1.54, 1.807) is 6.20 Å². The zero-order valence-corrected chi connectivity index (χ0v) is 10.7. The van der Waals surface area contributed by atoms with Gasteiger partial charge in [0.15, 0.2) is 0 Å². The third-order valence-corrected chi connectivity index (χ3v) is 2.77. The summed E-state index contributed by atoms with van der Waals surface area (Å²) >= 11 is 9.11. The molecule has 0 atom stereocenters. The Morgan fingerprint density at radius 2 is 2.12 bits per heavy atom. The van der Waals surface area contributed by atoms with Crippen LogP contribution in [0.2, 0.25) is 0 Å². The number of halogens is 2. The Balaban J connectivity index is 2.20. The number of rotatable bonds is 3. The average Bonchev–Trinajstić information content (AvgIpc) is 2.29. The second-order valence-electron chi connectivity index (χ2n) is 3.20. The first-order valence-corrected chi connectivity index (χ1v) is 6.05. The van der Waals surface area contributed by atoms with Gasteiger partial charge in [0.1, 0.15) is 5.75 Å². The van der Waals surface area contributed by atoms with Gasteiger partial charge in [-0.1, -0.05) is 28.1 Å². The Labute approximate surface area is 107 Å². The fourth-order valence-corrected chi connectivity index (χ4v) is 1.73. The number of hydrogen-bond acceptors (Lipinski definition) is 2. The maximum atomic E-state index is 5.75. The van der Waals surface area contributed by atoms with Gasteiger partial charge in [-0.05, 0) is 23.8 Å². The smallest absolute Gasteiger partial charge is 0.220 e. The van der Waals surface area contributed by atoms with Gasteiger partial charge in [-0.15, -0.1) is 11.6 Å². The van der Waals surface area contributed by atoms with E-state index in [0.29, 0.717) is 11.8 Å². The summed E-state index contributed by atoms with van der Waals surface area (Å²) in [6, 6.07) is 11.3. The van der Waals surface area contributed by atoms with E-state index in [-0.39, 0.29) is 0 Å². The van der Waals surface area contributed by atoms with Crippen LogP contribution in [0.4, 0.5) is 0 Å². The minimum absolute atomic E-state index is 0.475. The van der Waals surface area contributed by atoms with Crippen LogP contribution in [-0.4, -0.2) is 4.98 Å². The molecule has 0 aliphatic carbocycles. The van der Waals surface area contributed by atoms with E-state index in [4.69, 9.17) is 16.3 Å². The van der Waals surface area contributed by atoms with E-state index >= 15 is 0 Å². The molecule has 0 aliphatic rings. The molecule has 0 saturated heterocycles. The molecule has 2 nitrogen and oxygen atoms in total. The normalized spacial score (nSPS) is 10.1. The highest BCUT2D eigenvalue weighted by Gasteiger charge is 2.00. The molecule has 0 radical (unpaired) electrons. The van der Waals surface area contributed by atoms with Crippen LogP contribution in [0.3, 0.4) is 0 Å². The number of ether oxygens (including phenoxy) is 1. The number of alkyl halides is 1. The van der Waals surface area contributed by atoms with Crippen molar-refractivity contribution in [2.45, 2.75) is 5.88 Å². The van der Waals surface area contributed by atoms with Crippen molar-refractivity contribution >= 4 is 27.5 Å². The molecule has 0 bridgehead atoms. The minimum atomic E-state index is 0.475.